The lowest BCUT2D eigenvalue weighted by molar-refractivity contribution is 0.684. The zero-order valence-corrected chi connectivity index (χ0v) is 6.43. The highest BCUT2D eigenvalue weighted by Crippen LogP contribution is 2.19. The standard InChI is InChI=1S/C8H14N2/c1-10-6-7-4-2-3-5-8(7)9/h6H,2-5,9H2,1H3. The summed E-state index contributed by atoms with van der Waals surface area (Å²) in [5.41, 5.74) is 8.04. The van der Waals surface area contributed by atoms with E-state index in [4.69, 9.17) is 5.73 Å². The first-order valence-corrected chi connectivity index (χ1v) is 3.74. The van der Waals surface area contributed by atoms with Gasteiger partial charge in [-0.1, -0.05) is 0 Å². The molecule has 56 valence electrons. The van der Waals surface area contributed by atoms with E-state index in [-0.39, 0.29) is 0 Å². The molecule has 0 aromatic heterocycles. The molecular weight excluding hydrogens is 124 g/mol. The zero-order valence-electron chi connectivity index (χ0n) is 6.43. The van der Waals surface area contributed by atoms with Crippen molar-refractivity contribution in [2.75, 3.05) is 7.05 Å². The predicted molar refractivity (Wildman–Crippen MR) is 44.1 cm³/mol. The highest BCUT2D eigenvalue weighted by Gasteiger charge is 2.06. The second-order valence-corrected chi connectivity index (χ2v) is 2.64. The smallest absolute Gasteiger partial charge is 0.0277 e. The summed E-state index contributed by atoms with van der Waals surface area (Å²) in [6, 6.07) is 0. The maximum absolute atomic E-state index is 5.75. The second-order valence-electron chi connectivity index (χ2n) is 2.64. The summed E-state index contributed by atoms with van der Waals surface area (Å²) >= 11 is 0. The maximum Gasteiger partial charge on any atom is 0.0277 e. The Morgan fingerprint density at radius 2 is 2.10 bits per heavy atom. The van der Waals surface area contributed by atoms with E-state index in [1.54, 1.807) is 7.05 Å². The maximum atomic E-state index is 5.75. The van der Waals surface area contributed by atoms with Gasteiger partial charge in [0.25, 0.3) is 0 Å². The minimum absolute atomic E-state index is 1.04. The molecule has 0 aromatic rings. The van der Waals surface area contributed by atoms with Crippen LogP contribution >= 0.6 is 0 Å². The lowest BCUT2D eigenvalue weighted by Gasteiger charge is -2.12. The van der Waals surface area contributed by atoms with Crippen molar-refractivity contribution >= 4 is 6.21 Å². The third-order valence-electron chi connectivity index (χ3n) is 1.84. The predicted octanol–water partition coefficient (Wildman–Crippen LogP) is 1.47. The normalized spacial score (nSPS) is 20.5. The summed E-state index contributed by atoms with van der Waals surface area (Å²) in [5.74, 6) is 0. The summed E-state index contributed by atoms with van der Waals surface area (Å²) in [6.45, 7) is 0. The van der Waals surface area contributed by atoms with Crippen molar-refractivity contribution < 1.29 is 0 Å². The van der Waals surface area contributed by atoms with Gasteiger partial charge in [-0.15, -0.1) is 0 Å². The quantitative estimate of drug-likeness (QED) is 0.547. The van der Waals surface area contributed by atoms with Gasteiger partial charge < -0.3 is 5.73 Å². The van der Waals surface area contributed by atoms with Gasteiger partial charge in [0.15, 0.2) is 0 Å². The minimum Gasteiger partial charge on any atom is -0.402 e. The molecule has 2 heteroatoms. The highest BCUT2D eigenvalue weighted by molar-refractivity contribution is 5.79. The Kier molecular flexibility index (Phi) is 2.49. The van der Waals surface area contributed by atoms with Crippen LogP contribution < -0.4 is 5.73 Å². The Balaban J connectivity index is 2.68. The number of hydrogen-bond donors (Lipinski definition) is 1. The van der Waals surface area contributed by atoms with Crippen molar-refractivity contribution in [1.29, 1.82) is 0 Å². The summed E-state index contributed by atoms with van der Waals surface area (Å²) in [4.78, 5) is 3.95. The molecule has 0 saturated heterocycles. The van der Waals surface area contributed by atoms with Crippen molar-refractivity contribution in [2.24, 2.45) is 10.7 Å². The lowest BCUT2D eigenvalue weighted by Crippen LogP contribution is -2.08. The topological polar surface area (TPSA) is 38.4 Å². The van der Waals surface area contributed by atoms with E-state index in [2.05, 4.69) is 4.99 Å². The molecule has 0 atom stereocenters. The van der Waals surface area contributed by atoms with Crippen LogP contribution in [0.1, 0.15) is 25.7 Å². The Bertz CT molecular complexity index is 168. The summed E-state index contributed by atoms with van der Waals surface area (Å²) < 4.78 is 0. The molecule has 0 radical (unpaired) electrons. The fraction of sp³-hybridized carbons (Fsp3) is 0.625. The third-order valence-corrected chi connectivity index (χ3v) is 1.84. The monoisotopic (exact) mass is 138 g/mol. The van der Waals surface area contributed by atoms with E-state index in [1.807, 2.05) is 6.21 Å². The van der Waals surface area contributed by atoms with Crippen molar-refractivity contribution in [1.82, 2.24) is 0 Å². The van der Waals surface area contributed by atoms with Gasteiger partial charge in [-0.25, -0.2) is 0 Å². The SMILES string of the molecule is CN=CC1=C(N)CCCC1. The van der Waals surface area contributed by atoms with Crippen LogP contribution in [0.3, 0.4) is 0 Å². The van der Waals surface area contributed by atoms with Crippen molar-refractivity contribution in [3.63, 3.8) is 0 Å². The molecular formula is C8H14N2. The van der Waals surface area contributed by atoms with Crippen LogP contribution in [-0.2, 0) is 0 Å². The third kappa shape index (κ3) is 1.59. The summed E-state index contributed by atoms with van der Waals surface area (Å²) in [7, 11) is 1.79. The summed E-state index contributed by atoms with van der Waals surface area (Å²) in [5, 5.41) is 0. The van der Waals surface area contributed by atoms with Crippen molar-refractivity contribution in [3.05, 3.63) is 11.3 Å². The van der Waals surface area contributed by atoms with Gasteiger partial charge in [0.1, 0.15) is 0 Å². The molecule has 0 saturated carbocycles. The van der Waals surface area contributed by atoms with Crippen LogP contribution in [0.4, 0.5) is 0 Å². The van der Waals surface area contributed by atoms with Crippen molar-refractivity contribution in [3.8, 4) is 0 Å². The van der Waals surface area contributed by atoms with Gasteiger partial charge in [0.05, 0.1) is 0 Å². The average molecular weight is 138 g/mol. The first-order valence-electron chi connectivity index (χ1n) is 3.74. The van der Waals surface area contributed by atoms with Crippen LogP contribution in [-0.4, -0.2) is 13.3 Å². The van der Waals surface area contributed by atoms with E-state index in [9.17, 15) is 0 Å². The Morgan fingerprint density at radius 3 is 2.70 bits per heavy atom. The van der Waals surface area contributed by atoms with E-state index >= 15 is 0 Å². The van der Waals surface area contributed by atoms with Crippen LogP contribution in [0.5, 0.6) is 0 Å². The van der Waals surface area contributed by atoms with E-state index in [1.165, 1.54) is 18.4 Å². The molecule has 1 aliphatic carbocycles. The van der Waals surface area contributed by atoms with Gasteiger partial charge in [-0.2, -0.15) is 0 Å². The molecule has 0 aliphatic heterocycles. The van der Waals surface area contributed by atoms with Crippen LogP contribution in [0, 0.1) is 0 Å². The first-order chi connectivity index (χ1) is 4.84. The molecule has 0 aromatic carbocycles. The largest absolute Gasteiger partial charge is 0.402 e. The van der Waals surface area contributed by atoms with E-state index in [0.29, 0.717) is 0 Å². The van der Waals surface area contributed by atoms with Gasteiger partial charge in [-0.3, -0.25) is 4.99 Å². The molecule has 2 N–H and O–H groups in total. The number of allylic oxidation sites excluding steroid dienone is 2. The molecule has 1 rings (SSSR count). The van der Waals surface area contributed by atoms with Crippen LogP contribution in [0.15, 0.2) is 16.3 Å². The average Bonchev–Trinajstić information content (AvgIpc) is 1.94. The van der Waals surface area contributed by atoms with E-state index in [0.717, 1.165) is 18.5 Å². The molecule has 0 heterocycles. The molecule has 0 amide bonds. The molecule has 0 spiro atoms. The molecule has 1 aliphatic rings. The fourth-order valence-corrected chi connectivity index (χ4v) is 1.26. The number of aliphatic imine (C=N–C) groups is 1. The fourth-order valence-electron chi connectivity index (χ4n) is 1.26. The molecule has 10 heavy (non-hydrogen) atoms. The van der Waals surface area contributed by atoms with Gasteiger partial charge in [0.2, 0.25) is 0 Å². The lowest BCUT2D eigenvalue weighted by atomic mass is 9.97. The van der Waals surface area contributed by atoms with Gasteiger partial charge >= 0.3 is 0 Å². The number of nitrogens with two attached hydrogens (primary N) is 1. The summed E-state index contributed by atoms with van der Waals surface area (Å²) in [6.07, 6.45) is 6.56. The van der Waals surface area contributed by atoms with Crippen LogP contribution in [0.25, 0.3) is 0 Å². The van der Waals surface area contributed by atoms with Crippen LogP contribution in [0.2, 0.25) is 0 Å². The molecule has 0 bridgehead atoms. The second kappa shape index (κ2) is 3.40. The van der Waals surface area contributed by atoms with E-state index < -0.39 is 0 Å². The number of rotatable bonds is 1. The van der Waals surface area contributed by atoms with Gasteiger partial charge in [-0.05, 0) is 31.3 Å². The zero-order chi connectivity index (χ0) is 7.40. The Labute approximate surface area is 61.8 Å². The molecule has 2 nitrogen and oxygen atoms in total. The molecule has 0 fully saturated rings. The number of nitrogens with zero attached hydrogens (tertiary/aromatic N) is 1. The van der Waals surface area contributed by atoms with Gasteiger partial charge in [0, 0.05) is 19.0 Å². The Hall–Kier alpha value is -0.790. The highest BCUT2D eigenvalue weighted by atomic mass is 14.7. The van der Waals surface area contributed by atoms with Crippen molar-refractivity contribution in [2.45, 2.75) is 25.7 Å². The minimum atomic E-state index is 1.04. The Morgan fingerprint density at radius 1 is 1.40 bits per heavy atom. The number of hydrogen-bond acceptors (Lipinski definition) is 2. The molecule has 0 unspecified atom stereocenters. The first kappa shape index (κ1) is 7.32.